The van der Waals surface area contributed by atoms with E-state index in [1.165, 1.54) is 30.2 Å². The van der Waals surface area contributed by atoms with Crippen LogP contribution in [0.1, 0.15) is 43.2 Å². The largest absolute Gasteiger partial charge is 0.355 e. The lowest BCUT2D eigenvalue weighted by Crippen LogP contribution is -2.35. The third-order valence-corrected chi connectivity index (χ3v) is 6.15. The maximum Gasteiger partial charge on any atom is 0.230 e. The standard InChI is InChI=1S/C22H30N4O2S/c1-17-7-8-18(2)19(15-17)26-14-11-24-22(26)29-16-20(27)23-10-9-21(28)25-12-5-3-4-6-13-25/h7-8,11,14-15H,3-6,9-10,12-13,16H2,1-2H3,(H,23,27). The van der Waals surface area contributed by atoms with E-state index in [2.05, 4.69) is 42.3 Å². The molecule has 3 rings (SSSR count). The molecule has 1 fully saturated rings. The van der Waals surface area contributed by atoms with Crippen LogP contribution in [0.5, 0.6) is 0 Å². The number of likely N-dealkylation sites (tertiary alicyclic amines) is 1. The van der Waals surface area contributed by atoms with Gasteiger partial charge in [0.25, 0.3) is 0 Å². The Hall–Kier alpha value is -2.28. The van der Waals surface area contributed by atoms with Crippen molar-refractivity contribution in [1.29, 1.82) is 0 Å². The molecule has 7 heteroatoms. The van der Waals surface area contributed by atoms with Gasteiger partial charge in [-0.3, -0.25) is 14.2 Å². The van der Waals surface area contributed by atoms with Gasteiger partial charge in [-0.15, -0.1) is 0 Å². The number of benzene rings is 1. The summed E-state index contributed by atoms with van der Waals surface area (Å²) in [5.41, 5.74) is 3.42. The molecule has 0 aliphatic carbocycles. The Morgan fingerprint density at radius 3 is 2.66 bits per heavy atom. The number of amides is 2. The molecule has 156 valence electrons. The first-order valence-corrected chi connectivity index (χ1v) is 11.3. The number of carbonyl (C=O) groups is 2. The number of hydrogen-bond acceptors (Lipinski definition) is 4. The number of carbonyl (C=O) groups excluding carboxylic acids is 2. The van der Waals surface area contributed by atoms with Gasteiger partial charge in [-0.05, 0) is 43.9 Å². The van der Waals surface area contributed by atoms with E-state index < -0.39 is 0 Å². The predicted molar refractivity (Wildman–Crippen MR) is 116 cm³/mol. The average molecular weight is 415 g/mol. The lowest BCUT2D eigenvalue weighted by molar-refractivity contribution is -0.131. The number of aromatic nitrogens is 2. The van der Waals surface area contributed by atoms with Gasteiger partial charge in [0, 0.05) is 38.4 Å². The number of thioether (sulfide) groups is 1. The van der Waals surface area contributed by atoms with Crippen LogP contribution < -0.4 is 5.32 Å². The molecule has 0 radical (unpaired) electrons. The number of hydrogen-bond donors (Lipinski definition) is 1. The van der Waals surface area contributed by atoms with E-state index >= 15 is 0 Å². The van der Waals surface area contributed by atoms with Crippen LogP contribution in [0, 0.1) is 13.8 Å². The Kier molecular flexibility index (Phi) is 7.75. The van der Waals surface area contributed by atoms with E-state index in [1.54, 1.807) is 6.20 Å². The zero-order chi connectivity index (χ0) is 20.6. The minimum atomic E-state index is -0.0748. The summed E-state index contributed by atoms with van der Waals surface area (Å²) in [5.74, 6) is 0.347. The van der Waals surface area contributed by atoms with Crippen LogP contribution in [0.15, 0.2) is 35.7 Å². The monoisotopic (exact) mass is 414 g/mol. The topological polar surface area (TPSA) is 67.2 Å². The summed E-state index contributed by atoms with van der Waals surface area (Å²) in [6.07, 6.45) is 8.62. The molecule has 1 aromatic carbocycles. The highest BCUT2D eigenvalue weighted by molar-refractivity contribution is 7.99. The van der Waals surface area contributed by atoms with Crippen LogP contribution in [0.3, 0.4) is 0 Å². The van der Waals surface area contributed by atoms with Gasteiger partial charge in [0.2, 0.25) is 11.8 Å². The van der Waals surface area contributed by atoms with Gasteiger partial charge >= 0.3 is 0 Å². The van der Waals surface area contributed by atoms with Crippen molar-refractivity contribution in [3.8, 4) is 5.69 Å². The molecule has 2 amide bonds. The molecular weight excluding hydrogens is 384 g/mol. The molecule has 6 nitrogen and oxygen atoms in total. The molecule has 0 bridgehead atoms. The third-order valence-electron chi connectivity index (χ3n) is 5.18. The average Bonchev–Trinajstić information content (AvgIpc) is 2.99. The van der Waals surface area contributed by atoms with Gasteiger partial charge in [0.15, 0.2) is 5.16 Å². The van der Waals surface area contributed by atoms with Crippen LogP contribution in [0.2, 0.25) is 0 Å². The van der Waals surface area contributed by atoms with E-state index in [1.807, 2.05) is 15.7 Å². The van der Waals surface area contributed by atoms with Gasteiger partial charge in [-0.25, -0.2) is 4.98 Å². The molecule has 2 aromatic rings. The van der Waals surface area contributed by atoms with Crippen LogP contribution in [-0.4, -0.2) is 51.7 Å². The molecule has 1 saturated heterocycles. The van der Waals surface area contributed by atoms with E-state index in [9.17, 15) is 9.59 Å². The Labute approximate surface area is 177 Å². The van der Waals surface area contributed by atoms with Crippen molar-refractivity contribution >= 4 is 23.6 Å². The molecule has 29 heavy (non-hydrogen) atoms. The summed E-state index contributed by atoms with van der Waals surface area (Å²) in [5, 5.41) is 3.65. The van der Waals surface area contributed by atoms with Gasteiger partial charge < -0.3 is 10.2 Å². The molecule has 1 aliphatic rings. The maximum atomic E-state index is 12.3. The highest BCUT2D eigenvalue weighted by atomic mass is 32.2. The minimum absolute atomic E-state index is 0.0748. The molecular formula is C22H30N4O2S. The summed E-state index contributed by atoms with van der Waals surface area (Å²) < 4.78 is 2.02. The van der Waals surface area contributed by atoms with Crippen LogP contribution in [0.4, 0.5) is 0 Å². The van der Waals surface area contributed by atoms with Crippen molar-refractivity contribution in [3.05, 3.63) is 41.7 Å². The van der Waals surface area contributed by atoms with Crippen molar-refractivity contribution in [2.45, 2.75) is 51.1 Å². The normalized spacial score (nSPS) is 14.5. The van der Waals surface area contributed by atoms with Gasteiger partial charge in [-0.2, -0.15) is 0 Å². The lowest BCUT2D eigenvalue weighted by atomic mass is 10.1. The first kappa shape index (κ1) is 21.4. The van der Waals surface area contributed by atoms with Crippen molar-refractivity contribution in [1.82, 2.24) is 19.8 Å². The number of rotatable bonds is 7. The summed E-state index contributed by atoms with van der Waals surface area (Å²) in [7, 11) is 0. The highest BCUT2D eigenvalue weighted by Crippen LogP contribution is 2.23. The molecule has 0 saturated carbocycles. The van der Waals surface area contributed by atoms with Crippen molar-refractivity contribution < 1.29 is 9.59 Å². The fourth-order valence-electron chi connectivity index (χ4n) is 3.53. The quantitative estimate of drug-likeness (QED) is 0.705. The van der Waals surface area contributed by atoms with E-state index in [4.69, 9.17) is 0 Å². The van der Waals surface area contributed by atoms with Crippen LogP contribution in [-0.2, 0) is 9.59 Å². The number of nitrogens with one attached hydrogen (secondary N) is 1. The minimum Gasteiger partial charge on any atom is -0.355 e. The molecule has 1 aliphatic heterocycles. The number of nitrogens with zero attached hydrogens (tertiary/aromatic N) is 3. The fraction of sp³-hybridized carbons (Fsp3) is 0.500. The van der Waals surface area contributed by atoms with Crippen LogP contribution >= 0.6 is 11.8 Å². The maximum absolute atomic E-state index is 12.3. The molecule has 0 spiro atoms. The SMILES string of the molecule is Cc1ccc(C)c(-n2ccnc2SCC(=O)NCCC(=O)N2CCCCCC2)c1. The Morgan fingerprint density at radius 2 is 1.90 bits per heavy atom. The van der Waals surface area contributed by atoms with Crippen molar-refractivity contribution in [2.75, 3.05) is 25.4 Å². The molecule has 1 aromatic heterocycles. The summed E-state index contributed by atoms with van der Waals surface area (Å²) in [4.78, 5) is 30.9. The summed E-state index contributed by atoms with van der Waals surface area (Å²) in [6, 6.07) is 6.30. The first-order valence-electron chi connectivity index (χ1n) is 10.3. The Bertz CT molecular complexity index is 841. The molecule has 2 heterocycles. The zero-order valence-corrected chi connectivity index (χ0v) is 18.1. The highest BCUT2D eigenvalue weighted by Gasteiger charge is 2.16. The van der Waals surface area contributed by atoms with Gasteiger partial charge in [0.05, 0.1) is 11.4 Å². The second kappa shape index (κ2) is 10.5. The van der Waals surface area contributed by atoms with Crippen molar-refractivity contribution in [2.24, 2.45) is 0 Å². The predicted octanol–water partition coefficient (Wildman–Crippen LogP) is 3.49. The van der Waals surface area contributed by atoms with Crippen molar-refractivity contribution in [3.63, 3.8) is 0 Å². The summed E-state index contributed by atoms with van der Waals surface area (Å²) in [6.45, 7) is 6.22. The zero-order valence-electron chi connectivity index (χ0n) is 17.3. The smallest absolute Gasteiger partial charge is 0.230 e. The summed E-state index contributed by atoms with van der Waals surface area (Å²) >= 11 is 1.41. The Morgan fingerprint density at radius 1 is 1.14 bits per heavy atom. The second-order valence-electron chi connectivity index (χ2n) is 7.55. The van der Waals surface area contributed by atoms with Crippen LogP contribution in [0.25, 0.3) is 5.69 Å². The number of imidazole rings is 1. The fourth-order valence-corrected chi connectivity index (χ4v) is 4.32. The lowest BCUT2D eigenvalue weighted by Gasteiger charge is -2.20. The first-order chi connectivity index (χ1) is 14.0. The van der Waals surface area contributed by atoms with Gasteiger partial charge in [-0.1, -0.05) is 36.7 Å². The second-order valence-corrected chi connectivity index (χ2v) is 8.50. The number of aryl methyl sites for hydroxylation is 2. The van der Waals surface area contributed by atoms with E-state index in [0.29, 0.717) is 13.0 Å². The molecule has 1 N–H and O–H groups in total. The third kappa shape index (κ3) is 6.10. The van der Waals surface area contributed by atoms with Gasteiger partial charge in [0.1, 0.15) is 0 Å². The molecule has 0 unspecified atom stereocenters. The van der Waals surface area contributed by atoms with E-state index in [-0.39, 0.29) is 17.6 Å². The van der Waals surface area contributed by atoms with E-state index in [0.717, 1.165) is 42.3 Å². The molecule has 0 atom stereocenters. The Balaban J connectivity index is 1.46.